The van der Waals surface area contributed by atoms with Gasteiger partial charge in [0, 0.05) is 13.6 Å². The van der Waals surface area contributed by atoms with Crippen LogP contribution in [0.4, 0.5) is 0 Å². The third kappa shape index (κ3) is 5.67. The Morgan fingerprint density at radius 3 is 2.27 bits per heavy atom. The van der Waals surface area contributed by atoms with E-state index in [1.165, 1.54) is 25.7 Å². The molecule has 2 unspecified atom stereocenters. The number of rotatable bonds is 8. The number of carbonyl (C=O) groups is 1. The maximum Gasteiger partial charge on any atom is 0.237 e. The molecule has 0 aromatic carbocycles. The van der Waals surface area contributed by atoms with Crippen LogP contribution in [0, 0.1) is 52.3 Å². The molecule has 236 valence electrons. The van der Waals surface area contributed by atoms with Crippen LogP contribution in [0.15, 0.2) is 0 Å². The van der Waals surface area contributed by atoms with Crippen molar-refractivity contribution >= 4 is 15.7 Å². The minimum absolute atomic E-state index is 0.199. The maximum atomic E-state index is 12.9. The molecule has 0 spiro atoms. The summed E-state index contributed by atoms with van der Waals surface area (Å²) in [6, 6.07) is 0. The Morgan fingerprint density at radius 2 is 1.59 bits per heavy atom. The zero-order valence-corrected chi connectivity index (χ0v) is 27.4. The Balaban J connectivity index is 1.23. The van der Waals surface area contributed by atoms with Gasteiger partial charge in [-0.25, -0.2) is 8.42 Å². The van der Waals surface area contributed by atoms with Gasteiger partial charge in [0.2, 0.25) is 5.91 Å². The third-order valence-electron chi connectivity index (χ3n) is 13.9. The fraction of sp³-hybridized carbons (Fsp3) is 0.971. The minimum atomic E-state index is -3.38. The van der Waals surface area contributed by atoms with Gasteiger partial charge in [-0.3, -0.25) is 4.79 Å². The highest BCUT2D eigenvalue weighted by Gasteiger charge is 2.64. The van der Waals surface area contributed by atoms with Crippen LogP contribution in [0.5, 0.6) is 0 Å². The van der Waals surface area contributed by atoms with Crippen LogP contribution in [0.1, 0.15) is 118 Å². The maximum absolute atomic E-state index is 12.9. The van der Waals surface area contributed by atoms with Crippen molar-refractivity contribution in [2.45, 2.75) is 135 Å². The molecule has 0 aromatic heterocycles. The van der Waals surface area contributed by atoms with Gasteiger partial charge in [0.05, 0.1) is 17.5 Å². The quantitative estimate of drug-likeness (QED) is 0.368. The van der Waals surface area contributed by atoms with Crippen molar-refractivity contribution in [1.29, 1.82) is 0 Å². The molecule has 5 saturated carbocycles. The molecule has 41 heavy (non-hydrogen) atoms. The van der Waals surface area contributed by atoms with Crippen molar-refractivity contribution in [2.24, 2.45) is 52.3 Å². The molecule has 0 heterocycles. The van der Waals surface area contributed by atoms with Gasteiger partial charge in [0.1, 0.15) is 5.75 Å². The first kappa shape index (κ1) is 31.8. The first-order valence-corrected chi connectivity index (χ1v) is 18.9. The molecule has 5 rings (SSSR count). The number of sulfone groups is 1. The monoisotopic (exact) mass is 593 g/mol. The summed E-state index contributed by atoms with van der Waals surface area (Å²) in [6.45, 7) is 10.2. The Morgan fingerprint density at radius 1 is 0.927 bits per heavy atom. The number of aliphatic hydroxyl groups is 2. The number of amides is 1. The van der Waals surface area contributed by atoms with Crippen molar-refractivity contribution in [3.63, 3.8) is 0 Å². The first-order valence-electron chi connectivity index (χ1n) is 17.1. The molecule has 0 bridgehead atoms. The molecular formula is C34H59NO5S. The SMILES string of the molecule is CC[C@@H]1C2C[C@H](O)CCC2(C)[C@H]2CC[C@]3(C)[C@@H]([C@H](C)CCN(C)C(=O)CS(=O)(=O)C4CCCCC4)CC[C@H]3[C@@H]2[C@@H]1O. The smallest absolute Gasteiger partial charge is 0.237 e. The van der Waals surface area contributed by atoms with E-state index in [1.54, 1.807) is 11.9 Å². The van der Waals surface area contributed by atoms with Crippen molar-refractivity contribution < 1.29 is 23.4 Å². The zero-order valence-electron chi connectivity index (χ0n) is 26.6. The summed E-state index contributed by atoms with van der Waals surface area (Å²) in [5.41, 5.74) is 0.417. The van der Waals surface area contributed by atoms with Crippen molar-refractivity contribution in [1.82, 2.24) is 4.90 Å². The second-order valence-corrected chi connectivity index (χ2v) is 18.1. The van der Waals surface area contributed by atoms with Crippen molar-refractivity contribution in [3.05, 3.63) is 0 Å². The van der Waals surface area contributed by atoms with Gasteiger partial charge >= 0.3 is 0 Å². The number of hydrogen-bond acceptors (Lipinski definition) is 5. The van der Waals surface area contributed by atoms with Crippen molar-refractivity contribution in [3.8, 4) is 0 Å². The summed E-state index contributed by atoms with van der Waals surface area (Å²) in [6.07, 6.45) is 13.4. The fourth-order valence-corrected chi connectivity index (χ4v) is 13.3. The second-order valence-electron chi connectivity index (χ2n) is 15.8. The Hall–Kier alpha value is -0.660. The van der Waals surface area contributed by atoms with Gasteiger partial charge in [0.15, 0.2) is 9.84 Å². The largest absolute Gasteiger partial charge is 0.393 e. The molecule has 11 atom stereocenters. The number of carbonyl (C=O) groups excluding carboxylic acids is 1. The first-order chi connectivity index (χ1) is 19.3. The van der Waals surface area contributed by atoms with Gasteiger partial charge in [-0.1, -0.05) is 53.4 Å². The van der Waals surface area contributed by atoms with E-state index in [1.807, 2.05) is 0 Å². The highest BCUT2D eigenvalue weighted by Crippen LogP contribution is 2.69. The average Bonchev–Trinajstić information content (AvgIpc) is 3.30. The molecule has 2 N–H and O–H groups in total. The average molecular weight is 594 g/mol. The number of aliphatic hydroxyl groups excluding tert-OH is 2. The van der Waals surface area contributed by atoms with Gasteiger partial charge in [0.25, 0.3) is 0 Å². The minimum Gasteiger partial charge on any atom is -0.393 e. The Labute approximate surface area is 250 Å². The Kier molecular flexibility index (Phi) is 9.32. The lowest BCUT2D eigenvalue weighted by molar-refractivity contribution is -0.203. The van der Waals surface area contributed by atoms with Crippen LogP contribution in [0.25, 0.3) is 0 Å². The van der Waals surface area contributed by atoms with Crippen LogP contribution < -0.4 is 0 Å². The van der Waals surface area contributed by atoms with Gasteiger partial charge in [-0.15, -0.1) is 0 Å². The molecule has 0 saturated heterocycles. The molecule has 6 nitrogen and oxygen atoms in total. The normalized spacial score (nSPS) is 44.0. The molecule has 7 heteroatoms. The van der Waals surface area contributed by atoms with E-state index in [9.17, 15) is 23.4 Å². The van der Waals surface area contributed by atoms with E-state index in [2.05, 4.69) is 27.7 Å². The van der Waals surface area contributed by atoms with Gasteiger partial charge in [-0.2, -0.15) is 0 Å². The second kappa shape index (κ2) is 12.0. The summed E-state index contributed by atoms with van der Waals surface area (Å²) in [5.74, 6) is 2.53. The Bertz CT molecular complexity index is 1040. The fourth-order valence-electron chi connectivity index (χ4n) is 11.5. The lowest BCUT2D eigenvalue weighted by Gasteiger charge is -2.64. The van der Waals surface area contributed by atoms with Crippen LogP contribution in [-0.2, 0) is 14.6 Å². The molecule has 5 fully saturated rings. The number of fused-ring (bicyclic) bond motifs is 5. The van der Waals surface area contributed by atoms with E-state index in [-0.39, 0.29) is 45.9 Å². The summed E-state index contributed by atoms with van der Waals surface area (Å²) in [4.78, 5) is 14.6. The molecule has 1 amide bonds. The molecule has 5 aliphatic carbocycles. The number of hydrogen-bond donors (Lipinski definition) is 2. The van der Waals surface area contributed by atoms with E-state index in [0.29, 0.717) is 54.9 Å². The van der Waals surface area contributed by atoms with Gasteiger partial charge < -0.3 is 15.1 Å². The lowest BCUT2D eigenvalue weighted by Crippen LogP contribution is -2.62. The summed E-state index contributed by atoms with van der Waals surface area (Å²) in [5, 5.41) is 22.2. The van der Waals surface area contributed by atoms with E-state index in [4.69, 9.17) is 0 Å². The van der Waals surface area contributed by atoms with Crippen LogP contribution in [0.3, 0.4) is 0 Å². The topological polar surface area (TPSA) is 94.9 Å². The molecular weight excluding hydrogens is 534 g/mol. The van der Waals surface area contributed by atoms with E-state index in [0.717, 1.165) is 51.4 Å². The van der Waals surface area contributed by atoms with Crippen LogP contribution in [0.2, 0.25) is 0 Å². The predicted molar refractivity (Wildman–Crippen MR) is 164 cm³/mol. The molecule has 0 radical (unpaired) electrons. The zero-order chi connectivity index (χ0) is 29.7. The highest BCUT2D eigenvalue weighted by atomic mass is 32.2. The van der Waals surface area contributed by atoms with Crippen LogP contribution >= 0.6 is 0 Å². The van der Waals surface area contributed by atoms with E-state index < -0.39 is 9.84 Å². The molecule has 0 aromatic rings. The summed E-state index contributed by atoms with van der Waals surface area (Å²) >= 11 is 0. The van der Waals surface area contributed by atoms with Crippen LogP contribution in [-0.4, -0.2) is 66.2 Å². The number of nitrogens with zero attached hydrogens (tertiary/aromatic N) is 1. The highest BCUT2D eigenvalue weighted by molar-refractivity contribution is 7.92. The third-order valence-corrected chi connectivity index (χ3v) is 16.0. The predicted octanol–water partition coefficient (Wildman–Crippen LogP) is 5.85. The molecule has 0 aliphatic heterocycles. The molecule has 5 aliphatic rings. The van der Waals surface area contributed by atoms with E-state index >= 15 is 0 Å². The lowest BCUT2D eigenvalue weighted by atomic mass is 9.41. The van der Waals surface area contributed by atoms with Gasteiger partial charge in [-0.05, 0) is 116 Å². The summed E-state index contributed by atoms with van der Waals surface area (Å²) in [7, 11) is -1.60. The van der Waals surface area contributed by atoms with Crippen molar-refractivity contribution in [2.75, 3.05) is 19.3 Å². The summed E-state index contributed by atoms with van der Waals surface area (Å²) < 4.78 is 25.8. The standard InChI is InChI=1S/C34H59NO5S/c1-6-25-29-20-23(36)14-17-34(29,4)28-15-18-33(3)26(12-13-27(33)31(28)32(25)38)22(2)16-19-35(5)30(37)21-41(39,40)24-10-8-7-9-11-24/h22-29,31-32,36,38H,6-21H2,1-5H3/t22-,23-,25-,26-,27+,28+,29?,31+,32-,33-,34?/m1/s1.